The van der Waals surface area contributed by atoms with E-state index in [0.717, 1.165) is 12.1 Å². The summed E-state index contributed by atoms with van der Waals surface area (Å²) in [6.07, 6.45) is 0. The Morgan fingerprint density at radius 1 is 1.21 bits per heavy atom. The monoisotopic (exact) mass is 286 g/mol. The Balaban J connectivity index is 3.11. The number of rotatable bonds is 4. The molecule has 1 aromatic carbocycles. The number of aromatic carboxylic acids is 1. The van der Waals surface area contributed by atoms with Gasteiger partial charge in [-0.15, -0.1) is 0 Å². The van der Waals surface area contributed by atoms with Crippen molar-refractivity contribution in [2.75, 3.05) is 5.75 Å². The van der Waals surface area contributed by atoms with Gasteiger partial charge in [-0.05, 0) is 12.1 Å². The summed E-state index contributed by atoms with van der Waals surface area (Å²) in [6.45, 7) is 0. The maximum absolute atomic E-state index is 11.9. The van der Waals surface area contributed by atoms with E-state index in [2.05, 4.69) is 5.73 Å². The molecule has 9 heteroatoms. The van der Waals surface area contributed by atoms with E-state index in [0.29, 0.717) is 0 Å². The smallest absolute Gasteiger partial charge is 0.337 e. The van der Waals surface area contributed by atoms with Gasteiger partial charge in [0.1, 0.15) is 5.75 Å². The number of urea groups is 1. The van der Waals surface area contributed by atoms with Crippen LogP contribution in [-0.4, -0.2) is 37.2 Å². The second-order valence-electron chi connectivity index (χ2n) is 3.47. The molecule has 0 heterocycles. The third-order valence-corrected chi connectivity index (χ3v) is 3.70. The minimum absolute atomic E-state index is 0.450. The molecule has 0 aliphatic heterocycles. The van der Waals surface area contributed by atoms with Crippen LogP contribution in [0.1, 0.15) is 10.4 Å². The van der Waals surface area contributed by atoms with E-state index in [-0.39, 0.29) is 0 Å². The lowest BCUT2D eigenvalue weighted by Crippen LogP contribution is -2.38. The van der Waals surface area contributed by atoms with Crippen molar-refractivity contribution >= 4 is 27.7 Å². The SMILES string of the molecule is NC(=O)NC(=O)CS(=O)(=O)c1ccccc1C(=O)O. The molecule has 0 spiro atoms. The average Bonchev–Trinajstić information content (AvgIpc) is 2.26. The van der Waals surface area contributed by atoms with Gasteiger partial charge in [0.05, 0.1) is 10.5 Å². The Labute approximate surface area is 108 Å². The number of sulfone groups is 1. The van der Waals surface area contributed by atoms with Crippen molar-refractivity contribution in [2.24, 2.45) is 5.73 Å². The maximum Gasteiger partial charge on any atom is 0.337 e. The van der Waals surface area contributed by atoms with Gasteiger partial charge < -0.3 is 10.8 Å². The molecule has 0 saturated heterocycles. The molecule has 102 valence electrons. The fourth-order valence-electron chi connectivity index (χ4n) is 1.34. The zero-order valence-electron chi connectivity index (χ0n) is 9.49. The van der Waals surface area contributed by atoms with E-state index >= 15 is 0 Å². The van der Waals surface area contributed by atoms with Crippen LogP contribution in [0.3, 0.4) is 0 Å². The minimum atomic E-state index is -4.18. The number of primary amides is 1. The Morgan fingerprint density at radius 3 is 2.32 bits per heavy atom. The van der Waals surface area contributed by atoms with Crippen molar-refractivity contribution in [3.8, 4) is 0 Å². The number of nitrogens with two attached hydrogens (primary N) is 1. The van der Waals surface area contributed by atoms with Crippen LogP contribution in [-0.2, 0) is 14.6 Å². The number of imide groups is 1. The average molecular weight is 286 g/mol. The largest absolute Gasteiger partial charge is 0.478 e. The Hall–Kier alpha value is -2.42. The number of nitrogens with one attached hydrogen (secondary N) is 1. The lowest BCUT2D eigenvalue weighted by molar-refractivity contribution is -0.117. The van der Waals surface area contributed by atoms with Crippen molar-refractivity contribution in [3.63, 3.8) is 0 Å². The van der Waals surface area contributed by atoms with Crippen molar-refractivity contribution in [1.29, 1.82) is 0 Å². The number of hydrogen-bond acceptors (Lipinski definition) is 5. The molecule has 8 nitrogen and oxygen atoms in total. The number of hydrogen-bond donors (Lipinski definition) is 3. The van der Waals surface area contributed by atoms with Gasteiger partial charge in [-0.3, -0.25) is 10.1 Å². The summed E-state index contributed by atoms with van der Waals surface area (Å²) in [5.41, 5.74) is 4.22. The second-order valence-corrected chi connectivity index (χ2v) is 5.43. The van der Waals surface area contributed by atoms with Crippen LogP contribution in [0.4, 0.5) is 4.79 Å². The van der Waals surface area contributed by atoms with Crippen LogP contribution in [0.2, 0.25) is 0 Å². The molecule has 1 rings (SSSR count). The molecule has 0 saturated carbocycles. The standard InChI is InChI=1S/C10H10N2O6S/c11-10(16)12-8(13)5-19(17,18)7-4-2-1-3-6(7)9(14)15/h1-4H,5H2,(H,14,15)(H3,11,12,13,16). The normalized spacial score (nSPS) is 10.7. The molecule has 1 aromatic rings. The lowest BCUT2D eigenvalue weighted by Gasteiger charge is -2.07. The first-order valence-electron chi connectivity index (χ1n) is 4.88. The number of carboxylic acid groups (broad SMARTS) is 1. The van der Waals surface area contributed by atoms with Crippen molar-refractivity contribution in [2.45, 2.75) is 4.90 Å². The Bertz CT molecular complexity index is 637. The Morgan fingerprint density at radius 2 is 1.79 bits per heavy atom. The van der Waals surface area contributed by atoms with Gasteiger partial charge >= 0.3 is 12.0 Å². The third kappa shape index (κ3) is 3.78. The highest BCUT2D eigenvalue weighted by Crippen LogP contribution is 2.16. The van der Waals surface area contributed by atoms with Crippen LogP contribution in [0.15, 0.2) is 29.2 Å². The zero-order chi connectivity index (χ0) is 14.6. The topological polar surface area (TPSA) is 144 Å². The van der Waals surface area contributed by atoms with Gasteiger partial charge in [0.15, 0.2) is 9.84 Å². The lowest BCUT2D eigenvalue weighted by atomic mass is 10.2. The zero-order valence-corrected chi connectivity index (χ0v) is 10.3. The molecule has 0 fully saturated rings. The van der Waals surface area contributed by atoms with E-state index in [1.165, 1.54) is 12.1 Å². The number of amides is 3. The fraction of sp³-hybridized carbons (Fsp3) is 0.100. The summed E-state index contributed by atoms with van der Waals surface area (Å²) in [7, 11) is -4.18. The predicted molar refractivity (Wildman–Crippen MR) is 63.2 cm³/mol. The highest BCUT2D eigenvalue weighted by Gasteiger charge is 2.25. The molecule has 0 aliphatic carbocycles. The summed E-state index contributed by atoms with van der Waals surface area (Å²) < 4.78 is 23.7. The van der Waals surface area contributed by atoms with Gasteiger partial charge in [-0.25, -0.2) is 18.0 Å². The summed E-state index contributed by atoms with van der Waals surface area (Å²) in [6, 6.07) is 3.65. The van der Waals surface area contributed by atoms with Crippen LogP contribution < -0.4 is 11.1 Å². The number of carbonyl (C=O) groups is 3. The molecule has 19 heavy (non-hydrogen) atoms. The molecule has 0 atom stereocenters. The van der Waals surface area contributed by atoms with E-state index in [1.807, 2.05) is 0 Å². The third-order valence-electron chi connectivity index (χ3n) is 2.04. The molecule has 0 aromatic heterocycles. The first-order chi connectivity index (χ1) is 8.74. The van der Waals surface area contributed by atoms with Gasteiger partial charge in [-0.1, -0.05) is 12.1 Å². The molecule has 3 amide bonds. The van der Waals surface area contributed by atoms with Gasteiger partial charge in [0.2, 0.25) is 5.91 Å². The van der Waals surface area contributed by atoms with Crippen LogP contribution in [0.25, 0.3) is 0 Å². The summed E-state index contributed by atoms with van der Waals surface area (Å²) in [5, 5.41) is 10.5. The van der Waals surface area contributed by atoms with Crippen LogP contribution in [0.5, 0.6) is 0 Å². The van der Waals surface area contributed by atoms with E-state index in [1.54, 1.807) is 5.32 Å². The quantitative estimate of drug-likeness (QED) is 0.671. The summed E-state index contributed by atoms with van der Waals surface area (Å²) >= 11 is 0. The molecule has 4 N–H and O–H groups in total. The predicted octanol–water partition coefficient (Wildman–Crippen LogP) is -0.647. The molecule has 0 radical (unpaired) electrons. The minimum Gasteiger partial charge on any atom is -0.478 e. The maximum atomic E-state index is 11.9. The summed E-state index contributed by atoms with van der Waals surface area (Å²) in [4.78, 5) is 32.0. The molecular formula is C10H10N2O6S. The summed E-state index contributed by atoms with van der Waals surface area (Å²) in [5.74, 6) is -3.64. The van der Waals surface area contributed by atoms with Crippen molar-refractivity contribution < 1.29 is 27.9 Å². The van der Waals surface area contributed by atoms with Crippen LogP contribution >= 0.6 is 0 Å². The fourth-order valence-corrected chi connectivity index (χ4v) is 2.69. The van der Waals surface area contributed by atoms with Gasteiger partial charge in [-0.2, -0.15) is 0 Å². The van der Waals surface area contributed by atoms with E-state index < -0.39 is 44.0 Å². The van der Waals surface area contributed by atoms with E-state index in [4.69, 9.17) is 5.11 Å². The molecule has 0 aliphatic rings. The first kappa shape index (κ1) is 14.6. The number of carbonyl (C=O) groups excluding carboxylic acids is 2. The number of benzene rings is 1. The van der Waals surface area contributed by atoms with Crippen LogP contribution in [0, 0.1) is 0 Å². The molecule has 0 unspecified atom stereocenters. The second kappa shape index (κ2) is 5.48. The van der Waals surface area contributed by atoms with Gasteiger partial charge in [0.25, 0.3) is 0 Å². The molecule has 0 bridgehead atoms. The van der Waals surface area contributed by atoms with Crippen molar-refractivity contribution in [1.82, 2.24) is 5.32 Å². The Kier molecular flexibility index (Phi) is 4.22. The van der Waals surface area contributed by atoms with E-state index in [9.17, 15) is 22.8 Å². The molecular weight excluding hydrogens is 276 g/mol. The van der Waals surface area contributed by atoms with Crippen molar-refractivity contribution in [3.05, 3.63) is 29.8 Å². The highest BCUT2D eigenvalue weighted by molar-refractivity contribution is 7.92. The van der Waals surface area contributed by atoms with Gasteiger partial charge in [0, 0.05) is 0 Å². The number of carboxylic acids is 1. The highest BCUT2D eigenvalue weighted by atomic mass is 32.2. The first-order valence-corrected chi connectivity index (χ1v) is 6.53.